The molecule has 0 fully saturated rings. The Kier molecular flexibility index (Phi) is 6.36. The van der Waals surface area contributed by atoms with E-state index in [2.05, 4.69) is 45.6 Å². The summed E-state index contributed by atoms with van der Waals surface area (Å²) in [7, 11) is 1.89. The SMILES string of the molecule is CNC(C)CNC(=O)CCc1ccc(Br)c(C)c1. The molecule has 1 atom stereocenters. The topological polar surface area (TPSA) is 41.1 Å². The molecular weight excluding hydrogens is 292 g/mol. The van der Waals surface area contributed by atoms with Gasteiger partial charge in [0.2, 0.25) is 5.91 Å². The highest BCUT2D eigenvalue weighted by atomic mass is 79.9. The summed E-state index contributed by atoms with van der Waals surface area (Å²) in [6, 6.07) is 6.52. The van der Waals surface area contributed by atoms with Gasteiger partial charge in [-0.3, -0.25) is 4.79 Å². The third kappa shape index (κ3) is 5.19. The molecule has 4 heteroatoms. The van der Waals surface area contributed by atoms with Crippen LogP contribution in [0.1, 0.15) is 24.5 Å². The number of nitrogens with one attached hydrogen (secondary N) is 2. The van der Waals surface area contributed by atoms with Crippen molar-refractivity contribution in [1.29, 1.82) is 0 Å². The highest BCUT2D eigenvalue weighted by Crippen LogP contribution is 2.17. The van der Waals surface area contributed by atoms with Crippen LogP contribution in [0.2, 0.25) is 0 Å². The summed E-state index contributed by atoms with van der Waals surface area (Å²) in [6.45, 7) is 4.77. The highest BCUT2D eigenvalue weighted by Gasteiger charge is 2.05. The zero-order valence-electron chi connectivity index (χ0n) is 11.2. The molecule has 0 aromatic heterocycles. The Hall–Kier alpha value is -0.870. The summed E-state index contributed by atoms with van der Waals surface area (Å²) in [5.74, 6) is 0.109. The number of rotatable bonds is 6. The fourth-order valence-corrected chi connectivity index (χ4v) is 1.82. The van der Waals surface area contributed by atoms with Gasteiger partial charge in [0.05, 0.1) is 0 Å². The van der Waals surface area contributed by atoms with Gasteiger partial charge in [0, 0.05) is 23.5 Å². The molecule has 0 aliphatic heterocycles. The lowest BCUT2D eigenvalue weighted by molar-refractivity contribution is -0.121. The Morgan fingerprint density at radius 2 is 2.17 bits per heavy atom. The number of carbonyl (C=O) groups excluding carboxylic acids is 1. The second kappa shape index (κ2) is 7.54. The summed E-state index contributed by atoms with van der Waals surface area (Å²) in [6.07, 6.45) is 1.32. The molecular formula is C14H21BrN2O. The van der Waals surface area contributed by atoms with Crippen molar-refractivity contribution in [2.75, 3.05) is 13.6 Å². The van der Waals surface area contributed by atoms with Crippen molar-refractivity contribution in [2.45, 2.75) is 32.7 Å². The summed E-state index contributed by atoms with van der Waals surface area (Å²) in [5.41, 5.74) is 2.41. The molecule has 1 aromatic rings. The minimum absolute atomic E-state index is 0.109. The van der Waals surface area contributed by atoms with Crippen LogP contribution in [0.4, 0.5) is 0 Å². The smallest absolute Gasteiger partial charge is 0.220 e. The van der Waals surface area contributed by atoms with E-state index in [1.165, 1.54) is 11.1 Å². The molecule has 1 amide bonds. The maximum Gasteiger partial charge on any atom is 0.220 e. The zero-order chi connectivity index (χ0) is 13.5. The second-order valence-electron chi connectivity index (χ2n) is 4.58. The van der Waals surface area contributed by atoms with Gasteiger partial charge in [-0.1, -0.05) is 28.1 Å². The number of benzene rings is 1. The molecule has 1 aromatic carbocycles. The van der Waals surface area contributed by atoms with Gasteiger partial charge >= 0.3 is 0 Å². The number of hydrogen-bond donors (Lipinski definition) is 2. The number of carbonyl (C=O) groups is 1. The van der Waals surface area contributed by atoms with Crippen LogP contribution in [0.3, 0.4) is 0 Å². The first-order valence-corrected chi connectivity index (χ1v) is 7.01. The molecule has 0 saturated carbocycles. The fourth-order valence-electron chi connectivity index (χ4n) is 1.58. The Morgan fingerprint density at radius 3 is 2.78 bits per heavy atom. The van der Waals surface area contributed by atoms with Gasteiger partial charge < -0.3 is 10.6 Å². The van der Waals surface area contributed by atoms with Crippen LogP contribution in [0, 0.1) is 6.92 Å². The van der Waals surface area contributed by atoms with E-state index in [-0.39, 0.29) is 5.91 Å². The molecule has 18 heavy (non-hydrogen) atoms. The molecule has 1 rings (SSSR count). The number of amides is 1. The Morgan fingerprint density at radius 1 is 1.44 bits per heavy atom. The van der Waals surface area contributed by atoms with Crippen LogP contribution >= 0.6 is 15.9 Å². The number of halogens is 1. The molecule has 0 bridgehead atoms. The van der Waals surface area contributed by atoms with E-state index in [1.807, 2.05) is 20.0 Å². The first-order valence-electron chi connectivity index (χ1n) is 6.22. The van der Waals surface area contributed by atoms with E-state index in [1.54, 1.807) is 0 Å². The highest BCUT2D eigenvalue weighted by molar-refractivity contribution is 9.10. The van der Waals surface area contributed by atoms with Crippen LogP contribution in [0.15, 0.2) is 22.7 Å². The molecule has 1 unspecified atom stereocenters. The van der Waals surface area contributed by atoms with Crippen LogP contribution < -0.4 is 10.6 Å². The van der Waals surface area contributed by atoms with Crippen LogP contribution in [-0.4, -0.2) is 25.5 Å². The summed E-state index contributed by atoms with van der Waals surface area (Å²) >= 11 is 3.47. The van der Waals surface area contributed by atoms with E-state index in [9.17, 15) is 4.79 Å². The molecule has 0 aliphatic rings. The maximum atomic E-state index is 11.6. The Balaban J connectivity index is 2.36. The summed E-state index contributed by atoms with van der Waals surface area (Å²) in [4.78, 5) is 11.6. The minimum atomic E-state index is 0.109. The molecule has 0 aliphatic carbocycles. The van der Waals surface area contributed by atoms with E-state index in [0.29, 0.717) is 19.0 Å². The van der Waals surface area contributed by atoms with Gasteiger partial charge in [0.25, 0.3) is 0 Å². The van der Waals surface area contributed by atoms with Gasteiger partial charge in [0.15, 0.2) is 0 Å². The lowest BCUT2D eigenvalue weighted by Gasteiger charge is -2.11. The van der Waals surface area contributed by atoms with Crippen molar-refractivity contribution in [3.8, 4) is 0 Å². The van der Waals surface area contributed by atoms with Crippen LogP contribution in [0.25, 0.3) is 0 Å². The first-order chi connectivity index (χ1) is 8.52. The van der Waals surface area contributed by atoms with Crippen molar-refractivity contribution in [3.05, 3.63) is 33.8 Å². The Labute approximate surface area is 117 Å². The van der Waals surface area contributed by atoms with E-state index in [4.69, 9.17) is 0 Å². The predicted octanol–water partition coefficient (Wildman–Crippen LogP) is 2.41. The summed E-state index contributed by atoms with van der Waals surface area (Å²) in [5, 5.41) is 6.01. The molecule has 0 radical (unpaired) electrons. The molecule has 0 saturated heterocycles. The van der Waals surface area contributed by atoms with Crippen molar-refractivity contribution >= 4 is 21.8 Å². The van der Waals surface area contributed by atoms with Crippen LogP contribution in [0.5, 0.6) is 0 Å². The van der Waals surface area contributed by atoms with E-state index >= 15 is 0 Å². The van der Waals surface area contributed by atoms with Gasteiger partial charge in [-0.25, -0.2) is 0 Å². The van der Waals surface area contributed by atoms with Crippen molar-refractivity contribution < 1.29 is 4.79 Å². The molecule has 0 spiro atoms. The lowest BCUT2D eigenvalue weighted by Crippen LogP contribution is -2.37. The zero-order valence-corrected chi connectivity index (χ0v) is 12.8. The predicted molar refractivity (Wildman–Crippen MR) is 78.7 cm³/mol. The average molecular weight is 313 g/mol. The standard InChI is InChI=1S/C14H21BrN2O/c1-10-8-12(4-6-13(10)15)5-7-14(18)17-9-11(2)16-3/h4,6,8,11,16H,5,7,9H2,1-3H3,(H,17,18). The third-order valence-electron chi connectivity index (χ3n) is 2.96. The number of aryl methyl sites for hydroxylation is 2. The first kappa shape index (κ1) is 15.2. The second-order valence-corrected chi connectivity index (χ2v) is 5.43. The third-order valence-corrected chi connectivity index (χ3v) is 3.85. The van der Waals surface area contributed by atoms with Gasteiger partial charge in [-0.05, 0) is 44.5 Å². The van der Waals surface area contributed by atoms with Crippen molar-refractivity contribution in [1.82, 2.24) is 10.6 Å². The molecule has 100 valence electrons. The van der Waals surface area contributed by atoms with Gasteiger partial charge in [-0.15, -0.1) is 0 Å². The quantitative estimate of drug-likeness (QED) is 0.847. The lowest BCUT2D eigenvalue weighted by atomic mass is 10.1. The fraction of sp³-hybridized carbons (Fsp3) is 0.500. The van der Waals surface area contributed by atoms with Crippen molar-refractivity contribution in [2.24, 2.45) is 0 Å². The maximum absolute atomic E-state index is 11.6. The van der Waals surface area contributed by atoms with E-state index < -0.39 is 0 Å². The van der Waals surface area contributed by atoms with Crippen LogP contribution in [-0.2, 0) is 11.2 Å². The van der Waals surface area contributed by atoms with Crippen molar-refractivity contribution in [3.63, 3.8) is 0 Å². The Bertz CT molecular complexity index is 407. The largest absolute Gasteiger partial charge is 0.355 e. The van der Waals surface area contributed by atoms with Gasteiger partial charge in [0.1, 0.15) is 0 Å². The number of hydrogen-bond acceptors (Lipinski definition) is 2. The minimum Gasteiger partial charge on any atom is -0.355 e. The normalized spacial score (nSPS) is 12.2. The summed E-state index contributed by atoms with van der Waals surface area (Å²) < 4.78 is 1.11. The molecule has 2 N–H and O–H groups in total. The number of likely N-dealkylation sites (N-methyl/N-ethyl adjacent to an activating group) is 1. The molecule has 3 nitrogen and oxygen atoms in total. The van der Waals surface area contributed by atoms with E-state index in [0.717, 1.165) is 10.9 Å². The molecule has 0 heterocycles. The average Bonchev–Trinajstić information content (AvgIpc) is 2.37. The van der Waals surface area contributed by atoms with Gasteiger partial charge in [-0.2, -0.15) is 0 Å². The monoisotopic (exact) mass is 312 g/mol.